The number of carboxylic acids is 1. The third-order valence-electron chi connectivity index (χ3n) is 3.66. The van der Waals surface area contributed by atoms with Crippen molar-refractivity contribution in [3.8, 4) is 5.75 Å². The minimum Gasteiger partial charge on any atom is -0.480 e. The number of carboxylic acid groups (broad SMARTS) is 1. The van der Waals surface area contributed by atoms with Gasteiger partial charge in [0, 0.05) is 13.1 Å². The SMILES string of the molecule is CC(C)(C)C1CN(c2ccccc2OCC(=O)O)C1. The van der Waals surface area contributed by atoms with Crippen LogP contribution < -0.4 is 9.64 Å². The average Bonchev–Trinajstić information content (AvgIpc) is 2.23. The van der Waals surface area contributed by atoms with Crippen LogP contribution in [0.4, 0.5) is 5.69 Å². The van der Waals surface area contributed by atoms with Crippen LogP contribution in [-0.2, 0) is 4.79 Å². The molecule has 1 saturated heterocycles. The van der Waals surface area contributed by atoms with Gasteiger partial charge in [-0.3, -0.25) is 0 Å². The van der Waals surface area contributed by atoms with Crippen LogP contribution in [0.25, 0.3) is 0 Å². The fraction of sp³-hybridized carbons (Fsp3) is 0.533. The first-order chi connectivity index (χ1) is 8.88. The number of anilines is 1. The molecule has 0 atom stereocenters. The van der Waals surface area contributed by atoms with Crippen LogP contribution in [-0.4, -0.2) is 30.8 Å². The molecule has 1 aliphatic rings. The highest BCUT2D eigenvalue weighted by Crippen LogP contribution is 2.39. The number of aliphatic carboxylic acids is 1. The topological polar surface area (TPSA) is 49.8 Å². The van der Waals surface area contributed by atoms with Crippen LogP contribution in [0.3, 0.4) is 0 Å². The Morgan fingerprint density at radius 3 is 2.58 bits per heavy atom. The molecule has 1 heterocycles. The highest BCUT2D eigenvalue weighted by Gasteiger charge is 2.36. The van der Waals surface area contributed by atoms with E-state index in [-0.39, 0.29) is 6.61 Å². The zero-order chi connectivity index (χ0) is 14.0. The van der Waals surface area contributed by atoms with Gasteiger partial charge in [-0.05, 0) is 23.5 Å². The fourth-order valence-corrected chi connectivity index (χ4v) is 2.20. The first kappa shape index (κ1) is 13.7. The summed E-state index contributed by atoms with van der Waals surface area (Å²) < 4.78 is 5.34. The highest BCUT2D eigenvalue weighted by atomic mass is 16.5. The Morgan fingerprint density at radius 1 is 1.37 bits per heavy atom. The summed E-state index contributed by atoms with van der Waals surface area (Å²) >= 11 is 0. The second-order valence-corrected chi connectivity index (χ2v) is 6.12. The van der Waals surface area contributed by atoms with Crippen LogP contribution in [0, 0.1) is 11.3 Å². The van der Waals surface area contributed by atoms with Gasteiger partial charge in [-0.25, -0.2) is 4.79 Å². The van der Waals surface area contributed by atoms with Gasteiger partial charge < -0.3 is 14.7 Å². The van der Waals surface area contributed by atoms with E-state index in [0.717, 1.165) is 18.8 Å². The Bertz CT molecular complexity index is 459. The lowest BCUT2D eigenvalue weighted by atomic mass is 9.76. The summed E-state index contributed by atoms with van der Waals surface area (Å²) in [5.74, 6) is 0.364. The standard InChI is InChI=1S/C15H21NO3/c1-15(2,3)11-8-16(9-11)12-6-4-5-7-13(12)19-10-14(17)18/h4-7,11H,8-10H2,1-3H3,(H,17,18). The summed E-state index contributed by atoms with van der Waals surface area (Å²) in [6.07, 6.45) is 0. The van der Waals surface area contributed by atoms with Crippen molar-refractivity contribution < 1.29 is 14.6 Å². The molecule has 0 aromatic heterocycles. The number of ether oxygens (including phenoxy) is 1. The molecule has 1 fully saturated rings. The largest absolute Gasteiger partial charge is 0.480 e. The maximum Gasteiger partial charge on any atom is 0.341 e. The van der Waals surface area contributed by atoms with Crippen LogP contribution in [0.15, 0.2) is 24.3 Å². The van der Waals surface area contributed by atoms with Crippen molar-refractivity contribution in [3.05, 3.63) is 24.3 Å². The van der Waals surface area contributed by atoms with Crippen molar-refractivity contribution >= 4 is 11.7 Å². The third kappa shape index (κ3) is 3.19. The molecule has 0 radical (unpaired) electrons. The van der Waals surface area contributed by atoms with Gasteiger partial charge in [0.1, 0.15) is 5.75 Å². The Labute approximate surface area is 114 Å². The van der Waals surface area contributed by atoms with Gasteiger partial charge in [0.25, 0.3) is 0 Å². The molecule has 0 unspecified atom stereocenters. The van der Waals surface area contributed by atoms with Crippen LogP contribution in [0.1, 0.15) is 20.8 Å². The molecule has 0 aliphatic carbocycles. The third-order valence-corrected chi connectivity index (χ3v) is 3.66. The van der Waals surface area contributed by atoms with E-state index in [4.69, 9.17) is 9.84 Å². The molecule has 1 aliphatic heterocycles. The van der Waals surface area contributed by atoms with Crippen molar-refractivity contribution in [2.24, 2.45) is 11.3 Å². The summed E-state index contributed by atoms with van der Waals surface area (Å²) in [4.78, 5) is 12.8. The van der Waals surface area contributed by atoms with Crippen molar-refractivity contribution in [2.75, 3.05) is 24.6 Å². The van der Waals surface area contributed by atoms with Gasteiger partial charge in [0.05, 0.1) is 5.69 Å². The van der Waals surface area contributed by atoms with E-state index < -0.39 is 5.97 Å². The number of hydrogen-bond donors (Lipinski definition) is 1. The summed E-state index contributed by atoms with van der Waals surface area (Å²) in [6.45, 7) is 8.45. The molecule has 0 spiro atoms. The van der Waals surface area contributed by atoms with Crippen molar-refractivity contribution in [2.45, 2.75) is 20.8 Å². The lowest BCUT2D eigenvalue weighted by molar-refractivity contribution is -0.139. The molecule has 4 nitrogen and oxygen atoms in total. The average molecular weight is 263 g/mol. The molecule has 4 heteroatoms. The normalized spacial score (nSPS) is 16.1. The monoisotopic (exact) mass is 263 g/mol. The van der Waals surface area contributed by atoms with Crippen LogP contribution in [0.2, 0.25) is 0 Å². The Hall–Kier alpha value is -1.71. The van der Waals surface area contributed by atoms with Crippen LogP contribution in [0.5, 0.6) is 5.75 Å². The van der Waals surface area contributed by atoms with Gasteiger partial charge in [-0.2, -0.15) is 0 Å². The van der Waals surface area contributed by atoms with E-state index in [1.165, 1.54) is 0 Å². The van der Waals surface area contributed by atoms with E-state index >= 15 is 0 Å². The van der Waals surface area contributed by atoms with E-state index in [0.29, 0.717) is 17.1 Å². The van der Waals surface area contributed by atoms with Crippen molar-refractivity contribution in [1.82, 2.24) is 0 Å². The van der Waals surface area contributed by atoms with E-state index in [9.17, 15) is 4.79 Å². The molecule has 0 amide bonds. The predicted octanol–water partition coefficient (Wildman–Crippen LogP) is 2.63. The lowest BCUT2D eigenvalue weighted by Gasteiger charge is -2.47. The number of nitrogens with zero attached hydrogens (tertiary/aromatic N) is 1. The van der Waals surface area contributed by atoms with E-state index in [2.05, 4.69) is 25.7 Å². The van der Waals surface area contributed by atoms with E-state index in [1.807, 2.05) is 24.3 Å². The molecule has 0 saturated carbocycles. The maximum atomic E-state index is 10.6. The second-order valence-electron chi connectivity index (χ2n) is 6.12. The first-order valence-corrected chi connectivity index (χ1v) is 6.56. The van der Waals surface area contributed by atoms with Gasteiger partial charge in [0.2, 0.25) is 0 Å². The minimum absolute atomic E-state index is 0.298. The fourth-order valence-electron chi connectivity index (χ4n) is 2.20. The first-order valence-electron chi connectivity index (χ1n) is 6.56. The highest BCUT2D eigenvalue weighted by molar-refractivity contribution is 5.69. The molecule has 1 aromatic carbocycles. The number of rotatable bonds is 4. The molecular formula is C15H21NO3. The Balaban J connectivity index is 2.04. The van der Waals surface area contributed by atoms with Gasteiger partial charge in [-0.15, -0.1) is 0 Å². The molecule has 104 valence electrons. The van der Waals surface area contributed by atoms with E-state index in [1.54, 1.807) is 0 Å². The molecule has 19 heavy (non-hydrogen) atoms. The zero-order valence-electron chi connectivity index (χ0n) is 11.7. The summed E-state index contributed by atoms with van der Waals surface area (Å²) in [5.41, 5.74) is 1.30. The Morgan fingerprint density at radius 2 is 2.00 bits per heavy atom. The lowest BCUT2D eigenvalue weighted by Crippen LogP contribution is -2.52. The number of para-hydroxylation sites is 2. The summed E-state index contributed by atoms with van der Waals surface area (Å²) in [6, 6.07) is 7.62. The molecule has 1 aromatic rings. The van der Waals surface area contributed by atoms with Gasteiger partial charge >= 0.3 is 5.97 Å². The minimum atomic E-state index is -0.953. The van der Waals surface area contributed by atoms with Crippen LogP contribution >= 0.6 is 0 Å². The quantitative estimate of drug-likeness (QED) is 0.907. The Kier molecular flexibility index (Phi) is 3.69. The van der Waals surface area contributed by atoms with Gasteiger partial charge in [-0.1, -0.05) is 32.9 Å². The molecular weight excluding hydrogens is 242 g/mol. The molecule has 2 rings (SSSR count). The number of benzene rings is 1. The number of carbonyl (C=O) groups is 1. The molecule has 0 bridgehead atoms. The molecule has 1 N–H and O–H groups in total. The van der Waals surface area contributed by atoms with Crippen molar-refractivity contribution in [3.63, 3.8) is 0 Å². The maximum absolute atomic E-state index is 10.6. The predicted molar refractivity (Wildman–Crippen MR) is 74.7 cm³/mol. The number of hydrogen-bond acceptors (Lipinski definition) is 3. The van der Waals surface area contributed by atoms with Gasteiger partial charge in [0.15, 0.2) is 6.61 Å². The smallest absolute Gasteiger partial charge is 0.341 e. The zero-order valence-corrected chi connectivity index (χ0v) is 11.7. The summed E-state index contributed by atoms with van der Waals surface area (Å²) in [5, 5.41) is 8.69. The van der Waals surface area contributed by atoms with Crippen molar-refractivity contribution in [1.29, 1.82) is 0 Å². The summed E-state index contributed by atoms with van der Waals surface area (Å²) in [7, 11) is 0. The second kappa shape index (κ2) is 5.11.